The Balaban J connectivity index is 1.49. The predicted octanol–water partition coefficient (Wildman–Crippen LogP) is 7.48. The van der Waals surface area contributed by atoms with Gasteiger partial charge in [-0.3, -0.25) is 19.2 Å². The molecule has 0 saturated carbocycles. The second kappa shape index (κ2) is 20.1. The number of alkyl halides is 6. The first kappa shape index (κ1) is 46.2. The van der Waals surface area contributed by atoms with Crippen LogP contribution in [0.1, 0.15) is 63.9 Å². The van der Waals surface area contributed by atoms with Gasteiger partial charge in [0.2, 0.25) is 0 Å². The molecule has 4 aromatic carbocycles. The average molecular weight is 892 g/mol. The van der Waals surface area contributed by atoms with E-state index in [0.717, 1.165) is 35.9 Å². The van der Waals surface area contributed by atoms with Crippen LogP contribution in [0.25, 0.3) is 0 Å². The summed E-state index contributed by atoms with van der Waals surface area (Å²) in [5, 5.41) is 18.8. The number of carbonyl (C=O) groups excluding carboxylic acids is 4. The van der Waals surface area contributed by atoms with Crippen LogP contribution in [-0.4, -0.2) is 58.2 Å². The highest BCUT2D eigenvalue weighted by Crippen LogP contribution is 2.43. The number of aromatic nitrogens is 2. The molecule has 0 spiro atoms. The minimum absolute atomic E-state index is 0.0157. The maximum atomic E-state index is 14.2. The number of rotatable bonds is 14. The van der Waals surface area contributed by atoms with E-state index < -0.39 is 69.9 Å². The van der Waals surface area contributed by atoms with Gasteiger partial charge in [0.15, 0.2) is 0 Å². The number of hydrogen-bond acceptors (Lipinski definition) is 11. The minimum Gasteiger partial charge on any atom is -0.330 e. The summed E-state index contributed by atoms with van der Waals surface area (Å²) in [4.78, 5) is 61.3. The van der Waals surface area contributed by atoms with Crippen LogP contribution in [0.5, 0.6) is 0 Å². The van der Waals surface area contributed by atoms with Gasteiger partial charge in [-0.05, 0) is 60.7 Å². The quantitative estimate of drug-likeness (QED) is 0.0365. The number of halogens is 6. The third kappa shape index (κ3) is 11.7. The number of thioether (sulfide) groups is 2. The lowest BCUT2D eigenvalue weighted by Crippen LogP contribution is -2.21. The number of benzene rings is 4. The average Bonchev–Trinajstić information content (AvgIpc) is 3.24. The number of carbonyl (C=O) groups is 4. The van der Waals surface area contributed by atoms with Crippen LogP contribution in [-0.2, 0) is 12.4 Å². The van der Waals surface area contributed by atoms with Crippen LogP contribution in [0.3, 0.4) is 0 Å². The fourth-order valence-electron chi connectivity index (χ4n) is 5.44. The van der Waals surface area contributed by atoms with Crippen molar-refractivity contribution in [2.24, 2.45) is 11.5 Å². The van der Waals surface area contributed by atoms with Gasteiger partial charge in [0.05, 0.1) is 55.3 Å². The lowest BCUT2D eigenvalue weighted by molar-refractivity contribution is -0.138. The van der Waals surface area contributed by atoms with Crippen molar-refractivity contribution in [3.8, 4) is 18.4 Å². The monoisotopic (exact) mass is 891 g/mol. The van der Waals surface area contributed by atoms with Crippen LogP contribution in [0.4, 0.5) is 49.1 Å². The van der Waals surface area contributed by atoms with Crippen molar-refractivity contribution in [3.63, 3.8) is 0 Å². The molecule has 5 aromatic rings. The minimum atomic E-state index is -4.97. The van der Waals surface area contributed by atoms with Gasteiger partial charge < -0.3 is 32.7 Å². The van der Waals surface area contributed by atoms with Crippen molar-refractivity contribution in [2.45, 2.75) is 22.1 Å². The molecule has 0 saturated heterocycles. The number of nitrogens with one attached hydrogen (secondary N) is 4. The molecular formula is C41H31F6N9O4S2. The zero-order valence-electron chi connectivity index (χ0n) is 31.7. The molecule has 1 heterocycles. The van der Waals surface area contributed by atoms with Crippen LogP contribution in [0.15, 0.2) is 95.0 Å². The van der Waals surface area contributed by atoms with Crippen molar-refractivity contribution < 1.29 is 45.5 Å². The number of hydrogen-bond donors (Lipinski definition) is 6. The molecule has 0 aliphatic heterocycles. The van der Waals surface area contributed by atoms with Gasteiger partial charge in [-0.15, -0.1) is 29.9 Å². The molecule has 0 unspecified atom stereocenters. The summed E-state index contributed by atoms with van der Waals surface area (Å²) in [5.74, 6) is -1.37. The summed E-state index contributed by atoms with van der Waals surface area (Å²) < 4.78 is 85.2. The molecule has 0 aliphatic carbocycles. The van der Waals surface area contributed by atoms with E-state index in [4.69, 9.17) is 17.9 Å². The van der Waals surface area contributed by atoms with Crippen LogP contribution >= 0.6 is 23.5 Å². The van der Waals surface area contributed by atoms with E-state index in [0.29, 0.717) is 29.8 Å². The van der Waals surface area contributed by atoms with Crippen molar-refractivity contribution in [1.82, 2.24) is 9.97 Å². The number of nitrogens with two attached hydrogens (primary N) is 2. The van der Waals surface area contributed by atoms with Crippen LogP contribution < -0.4 is 32.7 Å². The highest BCUT2D eigenvalue weighted by molar-refractivity contribution is 7.99. The Labute approximate surface area is 357 Å². The zero-order valence-corrected chi connectivity index (χ0v) is 33.3. The van der Waals surface area contributed by atoms with Gasteiger partial charge in [-0.2, -0.15) is 31.6 Å². The van der Waals surface area contributed by atoms with Crippen molar-refractivity contribution in [2.75, 3.05) is 45.9 Å². The van der Waals surface area contributed by atoms with Gasteiger partial charge in [0.25, 0.3) is 23.6 Å². The van der Waals surface area contributed by atoms with E-state index in [-0.39, 0.29) is 62.5 Å². The third-order valence-electron chi connectivity index (χ3n) is 8.23. The highest BCUT2D eigenvalue weighted by Gasteiger charge is 2.35. The summed E-state index contributed by atoms with van der Waals surface area (Å²) in [6, 6.07) is 16.5. The molecule has 318 valence electrons. The topological polar surface area (TPSA) is 218 Å². The molecule has 0 aliphatic rings. The van der Waals surface area contributed by atoms with Gasteiger partial charge >= 0.3 is 12.4 Å². The molecule has 13 nitrogen and oxygen atoms in total. The van der Waals surface area contributed by atoms with E-state index in [1.54, 1.807) is 6.07 Å². The van der Waals surface area contributed by atoms with Crippen molar-refractivity contribution >= 4 is 69.9 Å². The fourth-order valence-corrected chi connectivity index (χ4v) is 7.14. The Hall–Kier alpha value is -6.91. The SMILES string of the molecule is C#Cc1cccc(C(=O)Nc2cc(C(F)(F)F)cc(NC(=O)c3cc(C(=O)Nc4cc(C(F)(F)F)cc(NC(=O)c5cccc(C#N)c5)c4SCCN)ncn3)c2SCCN)c1. The molecule has 1 aromatic heterocycles. The smallest absolute Gasteiger partial charge is 0.330 e. The van der Waals surface area contributed by atoms with Crippen molar-refractivity contribution in [1.29, 1.82) is 5.26 Å². The lowest BCUT2D eigenvalue weighted by Gasteiger charge is -2.19. The second-order valence-corrected chi connectivity index (χ2v) is 14.8. The molecule has 0 radical (unpaired) electrons. The first-order valence-corrected chi connectivity index (χ1v) is 19.7. The number of anilines is 4. The van der Waals surface area contributed by atoms with Crippen molar-refractivity contribution in [3.05, 3.63) is 130 Å². The van der Waals surface area contributed by atoms with E-state index in [1.165, 1.54) is 42.5 Å². The number of nitrogens with zero attached hydrogens (tertiary/aromatic N) is 3. The summed E-state index contributed by atoms with van der Waals surface area (Å²) in [5.41, 5.74) is 6.62. The molecule has 4 amide bonds. The summed E-state index contributed by atoms with van der Waals surface area (Å²) in [6.07, 6.45) is -3.74. The molecule has 0 bridgehead atoms. The zero-order chi connectivity index (χ0) is 45.2. The lowest BCUT2D eigenvalue weighted by atomic mass is 10.1. The van der Waals surface area contributed by atoms with Crippen LogP contribution in [0, 0.1) is 23.7 Å². The van der Waals surface area contributed by atoms with E-state index in [2.05, 4.69) is 37.2 Å². The summed E-state index contributed by atoms with van der Waals surface area (Å²) >= 11 is 1.82. The molecule has 8 N–H and O–H groups in total. The van der Waals surface area contributed by atoms with Gasteiger partial charge in [0.1, 0.15) is 17.7 Å². The predicted molar refractivity (Wildman–Crippen MR) is 222 cm³/mol. The first-order chi connectivity index (χ1) is 29.4. The largest absolute Gasteiger partial charge is 0.416 e. The Morgan fingerprint density at radius 1 is 0.613 bits per heavy atom. The number of terminal acetylenes is 1. The normalized spacial score (nSPS) is 11.2. The van der Waals surface area contributed by atoms with Gasteiger partial charge in [-0.1, -0.05) is 18.1 Å². The Kier molecular flexibility index (Phi) is 15.0. The fraction of sp³-hybridized carbons (Fsp3) is 0.146. The highest BCUT2D eigenvalue weighted by atomic mass is 32.2. The number of nitriles is 1. The number of amides is 4. The van der Waals surface area contributed by atoms with E-state index in [1.807, 2.05) is 6.07 Å². The molecule has 5 rings (SSSR count). The molecular weight excluding hydrogens is 861 g/mol. The van der Waals surface area contributed by atoms with E-state index >= 15 is 0 Å². The third-order valence-corrected chi connectivity index (χ3v) is 10.6. The Bertz CT molecular complexity index is 2450. The summed E-state index contributed by atoms with van der Waals surface area (Å²) in [7, 11) is 0. The van der Waals surface area contributed by atoms with E-state index in [9.17, 15) is 50.8 Å². The van der Waals surface area contributed by atoms with Crippen LogP contribution in [0.2, 0.25) is 0 Å². The molecule has 21 heteroatoms. The summed E-state index contributed by atoms with van der Waals surface area (Å²) in [6.45, 7) is 0.0804. The standard InChI is InChI=1S/C41H31F6N9O4S2/c1-2-22-5-3-7-24(13-22)36(57)53-28-15-26(40(42,43)44)17-30(34(28)61-11-9-48)55-38(59)32-19-33(52-21-51-32)39(60)56-31-18-27(41(45,46)47)16-29(35(31)62-12-10-49)54-37(58)25-8-4-6-23(14-25)20-50/h1,3-8,13-19,21H,9-12,48-49H2,(H,53,57)(H,54,58)(H,55,59)(H,56,60). The van der Waals surface area contributed by atoms with Gasteiger partial charge in [-0.25, -0.2) is 9.97 Å². The second-order valence-electron chi connectivity index (χ2n) is 12.6. The van der Waals surface area contributed by atoms with Gasteiger partial charge in [0, 0.05) is 47.4 Å². The Morgan fingerprint density at radius 3 is 1.37 bits per heavy atom. The first-order valence-electron chi connectivity index (χ1n) is 17.8. The molecule has 0 fully saturated rings. The maximum Gasteiger partial charge on any atom is 0.416 e. The molecule has 62 heavy (non-hydrogen) atoms. The Morgan fingerprint density at radius 2 is 1.00 bits per heavy atom. The molecule has 0 atom stereocenters. The maximum absolute atomic E-state index is 14.2.